The van der Waals surface area contributed by atoms with Gasteiger partial charge < -0.3 is 5.32 Å². The summed E-state index contributed by atoms with van der Waals surface area (Å²) in [5.41, 5.74) is 2.90. The highest BCUT2D eigenvalue weighted by Crippen LogP contribution is 2.22. The molecule has 0 aromatic heterocycles. The van der Waals surface area contributed by atoms with Gasteiger partial charge in [0.1, 0.15) is 0 Å². The molecule has 2 nitrogen and oxygen atoms in total. The number of hydrogen-bond acceptors (Lipinski definition) is 2. The van der Waals surface area contributed by atoms with E-state index < -0.39 is 0 Å². The highest BCUT2D eigenvalue weighted by Gasteiger charge is 2.18. The van der Waals surface area contributed by atoms with Crippen molar-refractivity contribution in [2.45, 2.75) is 45.6 Å². The Labute approximate surface area is 124 Å². The fourth-order valence-electron chi connectivity index (χ4n) is 3.15. The zero-order valence-electron chi connectivity index (χ0n) is 13.4. The molecule has 1 saturated heterocycles. The first-order valence-electron chi connectivity index (χ1n) is 8.20. The third-order valence-electron chi connectivity index (χ3n) is 4.61. The minimum absolute atomic E-state index is 0.507. The molecule has 1 aromatic rings. The second kappa shape index (κ2) is 7.80. The van der Waals surface area contributed by atoms with Crippen molar-refractivity contribution >= 4 is 0 Å². The second-order valence-corrected chi connectivity index (χ2v) is 6.32. The SMILES string of the molecule is CCCc1ccc(C(C)N(C)CC2CCCNC2)cc1. The largest absolute Gasteiger partial charge is 0.316 e. The third-order valence-corrected chi connectivity index (χ3v) is 4.61. The van der Waals surface area contributed by atoms with Crippen molar-refractivity contribution in [3.8, 4) is 0 Å². The van der Waals surface area contributed by atoms with E-state index in [9.17, 15) is 0 Å². The number of nitrogens with zero attached hydrogens (tertiary/aromatic N) is 1. The molecule has 0 radical (unpaired) electrons. The van der Waals surface area contributed by atoms with Gasteiger partial charge in [-0.05, 0) is 63.4 Å². The van der Waals surface area contributed by atoms with E-state index in [1.165, 1.54) is 56.4 Å². The predicted octanol–water partition coefficient (Wildman–Crippen LogP) is 3.63. The molecule has 1 N–H and O–H groups in total. The third kappa shape index (κ3) is 4.32. The fraction of sp³-hybridized carbons (Fsp3) is 0.667. The highest BCUT2D eigenvalue weighted by molar-refractivity contribution is 5.24. The molecule has 1 heterocycles. The summed E-state index contributed by atoms with van der Waals surface area (Å²) in [6, 6.07) is 9.72. The second-order valence-electron chi connectivity index (χ2n) is 6.32. The van der Waals surface area contributed by atoms with Crippen LogP contribution in [-0.4, -0.2) is 31.6 Å². The lowest BCUT2D eigenvalue weighted by molar-refractivity contribution is 0.199. The first-order valence-corrected chi connectivity index (χ1v) is 8.20. The smallest absolute Gasteiger partial charge is 0.0316 e. The van der Waals surface area contributed by atoms with E-state index in [1.54, 1.807) is 0 Å². The molecule has 2 rings (SSSR count). The van der Waals surface area contributed by atoms with Crippen LogP contribution in [0.25, 0.3) is 0 Å². The molecule has 0 bridgehead atoms. The number of nitrogens with one attached hydrogen (secondary N) is 1. The zero-order chi connectivity index (χ0) is 14.4. The van der Waals surface area contributed by atoms with E-state index in [-0.39, 0.29) is 0 Å². The maximum absolute atomic E-state index is 3.51. The maximum atomic E-state index is 3.51. The zero-order valence-corrected chi connectivity index (χ0v) is 13.4. The summed E-state index contributed by atoms with van der Waals surface area (Å²) in [6.07, 6.45) is 5.12. The van der Waals surface area contributed by atoms with Crippen molar-refractivity contribution in [2.75, 3.05) is 26.7 Å². The molecule has 2 atom stereocenters. The molecule has 0 saturated carbocycles. The summed E-state index contributed by atoms with van der Waals surface area (Å²) in [5.74, 6) is 0.815. The molecule has 2 unspecified atom stereocenters. The van der Waals surface area contributed by atoms with E-state index in [2.05, 4.69) is 55.4 Å². The van der Waals surface area contributed by atoms with Crippen LogP contribution in [0.3, 0.4) is 0 Å². The quantitative estimate of drug-likeness (QED) is 0.852. The van der Waals surface area contributed by atoms with Crippen LogP contribution in [0, 0.1) is 5.92 Å². The standard InChI is InChI=1S/C18H30N2/c1-4-6-16-8-10-18(11-9-16)15(2)20(3)14-17-7-5-12-19-13-17/h8-11,15,17,19H,4-7,12-14H2,1-3H3. The molecule has 0 aliphatic carbocycles. The number of piperidine rings is 1. The Bertz CT molecular complexity index is 379. The summed E-state index contributed by atoms with van der Waals surface area (Å²) < 4.78 is 0. The molecule has 0 amide bonds. The van der Waals surface area contributed by atoms with Gasteiger partial charge in [-0.3, -0.25) is 4.90 Å². The first-order chi connectivity index (χ1) is 9.70. The molecule has 20 heavy (non-hydrogen) atoms. The summed E-state index contributed by atoms with van der Waals surface area (Å²) in [4.78, 5) is 2.51. The van der Waals surface area contributed by atoms with Crippen LogP contribution < -0.4 is 5.32 Å². The van der Waals surface area contributed by atoms with E-state index in [0.29, 0.717) is 6.04 Å². The maximum Gasteiger partial charge on any atom is 0.0316 e. The van der Waals surface area contributed by atoms with Gasteiger partial charge in [0.25, 0.3) is 0 Å². The van der Waals surface area contributed by atoms with E-state index in [4.69, 9.17) is 0 Å². The Balaban J connectivity index is 1.89. The minimum Gasteiger partial charge on any atom is -0.316 e. The van der Waals surface area contributed by atoms with Crippen molar-refractivity contribution in [3.63, 3.8) is 0 Å². The van der Waals surface area contributed by atoms with E-state index in [1.807, 2.05) is 0 Å². The van der Waals surface area contributed by atoms with Crippen LogP contribution in [0.15, 0.2) is 24.3 Å². The minimum atomic E-state index is 0.507. The number of benzene rings is 1. The monoisotopic (exact) mass is 274 g/mol. The predicted molar refractivity (Wildman–Crippen MR) is 87.1 cm³/mol. The molecule has 112 valence electrons. The fourth-order valence-corrected chi connectivity index (χ4v) is 3.15. The summed E-state index contributed by atoms with van der Waals surface area (Å²) in [7, 11) is 2.26. The molecular formula is C18H30N2. The van der Waals surface area contributed by atoms with Gasteiger partial charge in [-0.2, -0.15) is 0 Å². The number of hydrogen-bond donors (Lipinski definition) is 1. The van der Waals surface area contributed by atoms with Crippen molar-refractivity contribution in [2.24, 2.45) is 5.92 Å². The van der Waals surface area contributed by atoms with E-state index >= 15 is 0 Å². The van der Waals surface area contributed by atoms with Gasteiger partial charge in [0, 0.05) is 12.6 Å². The van der Waals surface area contributed by atoms with E-state index in [0.717, 1.165) is 5.92 Å². The van der Waals surface area contributed by atoms with Gasteiger partial charge in [0.15, 0.2) is 0 Å². The summed E-state index contributed by atoms with van der Waals surface area (Å²) in [5, 5.41) is 3.51. The van der Waals surface area contributed by atoms with Gasteiger partial charge >= 0.3 is 0 Å². The van der Waals surface area contributed by atoms with Crippen molar-refractivity contribution < 1.29 is 0 Å². The summed E-state index contributed by atoms with van der Waals surface area (Å²) >= 11 is 0. The molecule has 0 spiro atoms. The lowest BCUT2D eigenvalue weighted by Gasteiger charge is -2.31. The average Bonchev–Trinajstić information content (AvgIpc) is 2.48. The first kappa shape index (κ1) is 15.5. The normalized spacial score (nSPS) is 21.1. The number of rotatable bonds is 6. The topological polar surface area (TPSA) is 15.3 Å². The molecule has 1 aromatic carbocycles. The lowest BCUT2D eigenvalue weighted by atomic mass is 9.97. The van der Waals surface area contributed by atoms with Crippen LogP contribution in [0.4, 0.5) is 0 Å². The van der Waals surface area contributed by atoms with Gasteiger partial charge in [-0.25, -0.2) is 0 Å². The average molecular weight is 274 g/mol. The molecular weight excluding hydrogens is 244 g/mol. The van der Waals surface area contributed by atoms with Gasteiger partial charge in [-0.15, -0.1) is 0 Å². The number of aryl methyl sites for hydroxylation is 1. The van der Waals surface area contributed by atoms with Crippen LogP contribution in [0.2, 0.25) is 0 Å². The van der Waals surface area contributed by atoms with Gasteiger partial charge in [0.05, 0.1) is 0 Å². The Hall–Kier alpha value is -0.860. The van der Waals surface area contributed by atoms with Crippen molar-refractivity contribution in [1.82, 2.24) is 10.2 Å². The van der Waals surface area contributed by atoms with Crippen LogP contribution >= 0.6 is 0 Å². The molecule has 1 aliphatic heterocycles. The van der Waals surface area contributed by atoms with Crippen LogP contribution in [0.1, 0.15) is 50.3 Å². The van der Waals surface area contributed by atoms with Crippen molar-refractivity contribution in [3.05, 3.63) is 35.4 Å². The highest BCUT2D eigenvalue weighted by atomic mass is 15.1. The Morgan fingerprint density at radius 1 is 1.30 bits per heavy atom. The Kier molecular flexibility index (Phi) is 6.06. The van der Waals surface area contributed by atoms with Gasteiger partial charge in [0.2, 0.25) is 0 Å². The van der Waals surface area contributed by atoms with Gasteiger partial charge in [-0.1, -0.05) is 37.6 Å². The van der Waals surface area contributed by atoms with Crippen LogP contribution in [-0.2, 0) is 6.42 Å². The Morgan fingerprint density at radius 2 is 2.05 bits per heavy atom. The van der Waals surface area contributed by atoms with Crippen molar-refractivity contribution in [1.29, 1.82) is 0 Å². The van der Waals surface area contributed by atoms with Crippen LogP contribution in [0.5, 0.6) is 0 Å². The lowest BCUT2D eigenvalue weighted by Crippen LogP contribution is -2.37. The molecule has 1 aliphatic rings. The summed E-state index contributed by atoms with van der Waals surface area (Å²) in [6.45, 7) is 8.15. The Morgan fingerprint density at radius 3 is 2.65 bits per heavy atom. The molecule has 1 fully saturated rings. The molecule has 2 heteroatoms.